The third-order valence-corrected chi connectivity index (χ3v) is 5.70. The van der Waals surface area contributed by atoms with Gasteiger partial charge in [-0.2, -0.15) is 0 Å². The fraction of sp³-hybridized carbons (Fsp3) is 0.292. The standard InChI is InChI=1S/C24H27N3O2S/c1-4-23(29)26-21-13-11-20(12-14-21)24-27-22(15-30-24)19-9-7-18(8-10-19)6-5-16(2)25-17(3)28/h7-16H,4-6H2,1-3H3,(H,25,28)(H,26,29)/t16-/m1/s1. The van der Waals surface area contributed by atoms with Crippen molar-refractivity contribution in [2.45, 2.75) is 46.1 Å². The van der Waals surface area contributed by atoms with Crippen molar-refractivity contribution in [3.63, 3.8) is 0 Å². The van der Waals surface area contributed by atoms with Gasteiger partial charge < -0.3 is 10.6 Å². The lowest BCUT2D eigenvalue weighted by molar-refractivity contribution is -0.119. The van der Waals surface area contributed by atoms with Crippen LogP contribution in [-0.4, -0.2) is 22.8 Å². The van der Waals surface area contributed by atoms with E-state index in [9.17, 15) is 9.59 Å². The number of aryl methyl sites for hydroxylation is 1. The zero-order chi connectivity index (χ0) is 21.5. The van der Waals surface area contributed by atoms with Crippen molar-refractivity contribution in [1.82, 2.24) is 10.3 Å². The Labute approximate surface area is 181 Å². The van der Waals surface area contributed by atoms with Gasteiger partial charge in [-0.1, -0.05) is 31.2 Å². The molecule has 1 heterocycles. The molecule has 0 bridgehead atoms. The second kappa shape index (κ2) is 10.2. The summed E-state index contributed by atoms with van der Waals surface area (Å²) in [4.78, 5) is 27.4. The molecule has 156 valence electrons. The van der Waals surface area contributed by atoms with E-state index in [2.05, 4.69) is 40.3 Å². The lowest BCUT2D eigenvalue weighted by Gasteiger charge is -2.12. The smallest absolute Gasteiger partial charge is 0.224 e. The van der Waals surface area contributed by atoms with Crippen molar-refractivity contribution >= 4 is 28.8 Å². The highest BCUT2D eigenvalue weighted by molar-refractivity contribution is 7.13. The fourth-order valence-electron chi connectivity index (χ4n) is 3.13. The Morgan fingerprint density at radius 2 is 1.70 bits per heavy atom. The quantitative estimate of drug-likeness (QED) is 0.520. The summed E-state index contributed by atoms with van der Waals surface area (Å²) in [6.07, 6.45) is 2.30. The fourth-order valence-corrected chi connectivity index (χ4v) is 3.96. The zero-order valence-electron chi connectivity index (χ0n) is 17.6. The molecule has 0 aliphatic rings. The number of thiazole rings is 1. The largest absolute Gasteiger partial charge is 0.354 e. The predicted octanol–water partition coefficient (Wildman–Crippen LogP) is 5.28. The minimum Gasteiger partial charge on any atom is -0.354 e. The lowest BCUT2D eigenvalue weighted by atomic mass is 10.0. The lowest BCUT2D eigenvalue weighted by Crippen LogP contribution is -2.30. The molecule has 3 rings (SSSR count). The topological polar surface area (TPSA) is 71.1 Å². The van der Waals surface area contributed by atoms with Crippen LogP contribution in [0.3, 0.4) is 0 Å². The van der Waals surface area contributed by atoms with Crippen molar-refractivity contribution in [2.75, 3.05) is 5.32 Å². The third kappa shape index (κ3) is 6.00. The molecule has 30 heavy (non-hydrogen) atoms. The summed E-state index contributed by atoms with van der Waals surface area (Å²) in [7, 11) is 0. The summed E-state index contributed by atoms with van der Waals surface area (Å²) in [5.74, 6) is 0.0184. The molecule has 0 unspecified atom stereocenters. The number of benzene rings is 2. The van der Waals surface area contributed by atoms with Crippen LogP contribution in [0.1, 0.15) is 39.2 Å². The van der Waals surface area contributed by atoms with E-state index in [0.717, 1.165) is 40.4 Å². The molecule has 0 radical (unpaired) electrons. The van der Waals surface area contributed by atoms with E-state index < -0.39 is 0 Å². The van der Waals surface area contributed by atoms with E-state index in [1.165, 1.54) is 5.56 Å². The number of nitrogens with one attached hydrogen (secondary N) is 2. The first-order chi connectivity index (χ1) is 14.4. The van der Waals surface area contributed by atoms with Gasteiger partial charge in [0.15, 0.2) is 0 Å². The van der Waals surface area contributed by atoms with E-state index >= 15 is 0 Å². The van der Waals surface area contributed by atoms with Gasteiger partial charge in [-0.05, 0) is 49.6 Å². The molecule has 0 spiro atoms. The maximum atomic E-state index is 11.5. The zero-order valence-corrected chi connectivity index (χ0v) is 18.4. The number of anilines is 1. The third-order valence-electron chi connectivity index (χ3n) is 4.81. The number of carbonyl (C=O) groups is 2. The Kier molecular flexibility index (Phi) is 7.36. The molecule has 1 aromatic heterocycles. The van der Waals surface area contributed by atoms with Gasteiger partial charge in [0.25, 0.3) is 0 Å². The molecule has 1 atom stereocenters. The van der Waals surface area contributed by atoms with Crippen molar-refractivity contribution in [3.05, 3.63) is 59.5 Å². The van der Waals surface area contributed by atoms with Crippen LogP contribution in [0, 0.1) is 0 Å². The second-order valence-electron chi connectivity index (χ2n) is 7.35. The van der Waals surface area contributed by atoms with Crippen molar-refractivity contribution in [3.8, 4) is 21.8 Å². The molecular formula is C24H27N3O2S. The first-order valence-corrected chi connectivity index (χ1v) is 11.0. The molecule has 2 amide bonds. The van der Waals surface area contributed by atoms with Gasteiger partial charge in [0.1, 0.15) is 5.01 Å². The molecule has 5 nitrogen and oxygen atoms in total. The number of aromatic nitrogens is 1. The van der Waals surface area contributed by atoms with Crippen LogP contribution in [0.2, 0.25) is 0 Å². The van der Waals surface area contributed by atoms with Crippen molar-refractivity contribution in [2.24, 2.45) is 0 Å². The summed E-state index contributed by atoms with van der Waals surface area (Å²) >= 11 is 1.61. The van der Waals surface area contributed by atoms with Gasteiger partial charge in [0.2, 0.25) is 11.8 Å². The van der Waals surface area contributed by atoms with Gasteiger partial charge in [-0.3, -0.25) is 9.59 Å². The summed E-state index contributed by atoms with van der Waals surface area (Å²) in [5.41, 5.74) is 5.12. The Balaban J connectivity index is 1.63. The maximum absolute atomic E-state index is 11.5. The molecule has 0 aliphatic carbocycles. The summed E-state index contributed by atoms with van der Waals surface area (Å²) in [6.45, 7) is 5.41. The minimum absolute atomic E-state index is 0.00676. The highest BCUT2D eigenvalue weighted by Crippen LogP contribution is 2.30. The van der Waals surface area contributed by atoms with Crippen LogP contribution in [-0.2, 0) is 16.0 Å². The maximum Gasteiger partial charge on any atom is 0.224 e. The van der Waals surface area contributed by atoms with Crippen LogP contribution in [0.15, 0.2) is 53.9 Å². The van der Waals surface area contributed by atoms with E-state index in [-0.39, 0.29) is 17.9 Å². The summed E-state index contributed by atoms with van der Waals surface area (Å²) in [6, 6.07) is 16.4. The van der Waals surface area contributed by atoms with Crippen molar-refractivity contribution < 1.29 is 9.59 Å². The normalized spacial score (nSPS) is 11.7. The average Bonchev–Trinajstić information content (AvgIpc) is 3.23. The van der Waals surface area contributed by atoms with Gasteiger partial charge in [-0.25, -0.2) is 4.98 Å². The molecule has 0 saturated heterocycles. The summed E-state index contributed by atoms with van der Waals surface area (Å²) in [5, 5.41) is 8.79. The van der Waals surface area contributed by atoms with Crippen molar-refractivity contribution in [1.29, 1.82) is 0 Å². The molecule has 3 aromatic rings. The number of rotatable bonds is 8. The van der Waals surface area contributed by atoms with Gasteiger partial charge >= 0.3 is 0 Å². The second-order valence-corrected chi connectivity index (χ2v) is 8.21. The Morgan fingerprint density at radius 3 is 2.33 bits per heavy atom. The Hall–Kier alpha value is -2.99. The number of hydrogen-bond acceptors (Lipinski definition) is 4. The first-order valence-electron chi connectivity index (χ1n) is 10.2. The number of nitrogens with zero attached hydrogens (tertiary/aromatic N) is 1. The highest BCUT2D eigenvalue weighted by atomic mass is 32.1. The highest BCUT2D eigenvalue weighted by Gasteiger charge is 2.08. The monoisotopic (exact) mass is 421 g/mol. The SMILES string of the molecule is CCC(=O)Nc1ccc(-c2nc(-c3ccc(CC[C@@H](C)NC(C)=O)cc3)cs2)cc1. The van der Waals surface area contributed by atoms with E-state index in [0.29, 0.717) is 6.42 Å². The van der Waals surface area contributed by atoms with Gasteiger partial charge in [0, 0.05) is 41.6 Å². The molecule has 0 aliphatic heterocycles. The average molecular weight is 422 g/mol. The van der Waals surface area contributed by atoms with Crippen LogP contribution >= 0.6 is 11.3 Å². The van der Waals surface area contributed by atoms with Gasteiger partial charge in [0.05, 0.1) is 5.69 Å². The Bertz CT molecular complexity index is 994. The number of carbonyl (C=O) groups excluding carboxylic acids is 2. The van der Waals surface area contributed by atoms with E-state index in [1.54, 1.807) is 18.3 Å². The van der Waals surface area contributed by atoms with E-state index in [1.807, 2.05) is 38.1 Å². The first kappa shape index (κ1) is 21.7. The van der Waals surface area contributed by atoms with Crippen LogP contribution in [0.25, 0.3) is 21.8 Å². The number of hydrogen-bond donors (Lipinski definition) is 2. The molecule has 0 saturated carbocycles. The molecule has 2 aromatic carbocycles. The summed E-state index contributed by atoms with van der Waals surface area (Å²) < 4.78 is 0. The van der Waals surface area contributed by atoms with Crippen LogP contribution in [0.4, 0.5) is 5.69 Å². The predicted molar refractivity (Wildman–Crippen MR) is 124 cm³/mol. The van der Waals surface area contributed by atoms with E-state index in [4.69, 9.17) is 4.98 Å². The molecule has 6 heteroatoms. The number of amides is 2. The molecular weight excluding hydrogens is 394 g/mol. The minimum atomic E-state index is 0.00676. The van der Waals surface area contributed by atoms with Gasteiger partial charge in [-0.15, -0.1) is 11.3 Å². The van der Waals surface area contributed by atoms with Crippen LogP contribution < -0.4 is 10.6 Å². The molecule has 0 fully saturated rings. The van der Waals surface area contributed by atoms with Crippen LogP contribution in [0.5, 0.6) is 0 Å². The Morgan fingerprint density at radius 1 is 1.03 bits per heavy atom. The molecule has 2 N–H and O–H groups in total.